The zero-order valence-electron chi connectivity index (χ0n) is 12.0. The average Bonchev–Trinajstić information content (AvgIpc) is 2.97. The van der Waals surface area contributed by atoms with Gasteiger partial charge in [-0.2, -0.15) is 16.7 Å². The molecule has 1 aromatic carbocycles. The van der Waals surface area contributed by atoms with Crippen LogP contribution in [0, 0.1) is 0 Å². The Morgan fingerprint density at radius 1 is 1.33 bits per heavy atom. The molecule has 1 atom stereocenters. The molecule has 1 N–H and O–H groups in total. The van der Waals surface area contributed by atoms with Crippen LogP contribution >= 0.6 is 24.2 Å². The number of halogens is 1. The SMILES string of the molecule is CCc1ccc(-c2noc(CC3CSCCN3)n2)cc1.Cl. The van der Waals surface area contributed by atoms with Crippen LogP contribution in [0.15, 0.2) is 28.8 Å². The third-order valence-electron chi connectivity index (χ3n) is 3.51. The van der Waals surface area contributed by atoms with Gasteiger partial charge in [-0.05, 0) is 12.0 Å². The van der Waals surface area contributed by atoms with Crippen molar-refractivity contribution in [2.45, 2.75) is 25.8 Å². The van der Waals surface area contributed by atoms with Crippen LogP contribution in [-0.4, -0.2) is 34.2 Å². The monoisotopic (exact) mass is 325 g/mol. The summed E-state index contributed by atoms with van der Waals surface area (Å²) in [5.41, 5.74) is 2.34. The van der Waals surface area contributed by atoms with E-state index in [0.29, 0.717) is 11.9 Å². The summed E-state index contributed by atoms with van der Waals surface area (Å²) in [5, 5.41) is 7.57. The highest BCUT2D eigenvalue weighted by Crippen LogP contribution is 2.18. The fourth-order valence-corrected chi connectivity index (χ4v) is 3.26. The van der Waals surface area contributed by atoms with Crippen molar-refractivity contribution in [3.8, 4) is 11.4 Å². The lowest BCUT2D eigenvalue weighted by Gasteiger charge is -2.21. The van der Waals surface area contributed by atoms with Crippen molar-refractivity contribution < 1.29 is 4.52 Å². The summed E-state index contributed by atoms with van der Waals surface area (Å²) in [6.45, 7) is 3.21. The minimum absolute atomic E-state index is 0. The lowest BCUT2D eigenvalue weighted by Crippen LogP contribution is -2.38. The van der Waals surface area contributed by atoms with Crippen molar-refractivity contribution in [3.05, 3.63) is 35.7 Å². The largest absolute Gasteiger partial charge is 0.339 e. The van der Waals surface area contributed by atoms with Crippen LogP contribution in [0.5, 0.6) is 0 Å². The molecule has 4 nitrogen and oxygen atoms in total. The summed E-state index contributed by atoms with van der Waals surface area (Å²) in [5.74, 6) is 3.71. The Morgan fingerprint density at radius 2 is 2.14 bits per heavy atom. The van der Waals surface area contributed by atoms with Crippen LogP contribution in [0.4, 0.5) is 0 Å². The maximum atomic E-state index is 5.37. The summed E-state index contributed by atoms with van der Waals surface area (Å²) < 4.78 is 5.37. The minimum Gasteiger partial charge on any atom is -0.339 e. The maximum Gasteiger partial charge on any atom is 0.228 e. The molecule has 3 rings (SSSR count). The minimum atomic E-state index is 0. The number of thioether (sulfide) groups is 1. The van der Waals surface area contributed by atoms with Crippen LogP contribution in [-0.2, 0) is 12.8 Å². The Balaban J connectivity index is 0.00000161. The summed E-state index contributed by atoms with van der Waals surface area (Å²) in [6.07, 6.45) is 1.86. The molecule has 1 unspecified atom stereocenters. The highest BCUT2D eigenvalue weighted by Gasteiger charge is 2.17. The van der Waals surface area contributed by atoms with E-state index >= 15 is 0 Å². The zero-order chi connectivity index (χ0) is 13.8. The Labute approximate surface area is 135 Å². The van der Waals surface area contributed by atoms with Gasteiger partial charge in [-0.3, -0.25) is 0 Å². The first-order valence-corrected chi connectivity index (χ1v) is 8.23. The molecule has 21 heavy (non-hydrogen) atoms. The topological polar surface area (TPSA) is 51.0 Å². The second-order valence-corrected chi connectivity index (χ2v) is 6.14. The van der Waals surface area contributed by atoms with Crippen LogP contribution in [0.1, 0.15) is 18.4 Å². The molecule has 6 heteroatoms. The Bertz CT molecular complexity index is 552. The molecule has 0 bridgehead atoms. The molecule has 1 saturated heterocycles. The van der Waals surface area contributed by atoms with Gasteiger partial charge in [0.05, 0.1) is 0 Å². The predicted molar refractivity (Wildman–Crippen MR) is 89.2 cm³/mol. The second kappa shape index (κ2) is 7.82. The van der Waals surface area contributed by atoms with Crippen LogP contribution in [0.3, 0.4) is 0 Å². The van der Waals surface area contributed by atoms with Crippen LogP contribution in [0.2, 0.25) is 0 Å². The normalized spacial score (nSPS) is 18.2. The molecule has 1 aromatic heterocycles. The van der Waals surface area contributed by atoms with E-state index in [9.17, 15) is 0 Å². The number of nitrogens with one attached hydrogen (secondary N) is 1. The Kier molecular flexibility index (Phi) is 6.08. The molecule has 0 saturated carbocycles. The first kappa shape index (κ1) is 16.3. The zero-order valence-corrected chi connectivity index (χ0v) is 13.7. The van der Waals surface area contributed by atoms with Crippen molar-refractivity contribution in [1.82, 2.24) is 15.5 Å². The van der Waals surface area contributed by atoms with Crippen molar-refractivity contribution in [1.29, 1.82) is 0 Å². The quantitative estimate of drug-likeness (QED) is 0.936. The Hall–Kier alpha value is -1.04. The average molecular weight is 326 g/mol. The van der Waals surface area contributed by atoms with E-state index in [-0.39, 0.29) is 12.4 Å². The molecule has 114 valence electrons. The van der Waals surface area contributed by atoms with Gasteiger partial charge in [0.1, 0.15) is 0 Å². The van der Waals surface area contributed by atoms with Crippen LogP contribution in [0.25, 0.3) is 11.4 Å². The first-order chi connectivity index (χ1) is 9.85. The van der Waals surface area contributed by atoms with E-state index in [1.165, 1.54) is 11.3 Å². The van der Waals surface area contributed by atoms with E-state index in [1.54, 1.807) is 0 Å². The van der Waals surface area contributed by atoms with Gasteiger partial charge < -0.3 is 9.84 Å². The van der Waals surface area contributed by atoms with E-state index in [1.807, 2.05) is 11.8 Å². The molecule has 2 aromatic rings. The maximum absolute atomic E-state index is 5.37. The first-order valence-electron chi connectivity index (χ1n) is 7.08. The van der Waals surface area contributed by atoms with Crippen LogP contribution < -0.4 is 5.32 Å². The molecule has 2 heterocycles. The number of benzene rings is 1. The van der Waals surface area contributed by atoms with Gasteiger partial charge in [0.15, 0.2) is 0 Å². The van der Waals surface area contributed by atoms with Crippen molar-refractivity contribution in [2.24, 2.45) is 0 Å². The number of aryl methyl sites for hydroxylation is 1. The molecular formula is C15H20ClN3OS. The van der Waals surface area contributed by atoms with E-state index in [4.69, 9.17) is 4.52 Å². The molecule has 0 radical (unpaired) electrons. The van der Waals surface area contributed by atoms with Crippen molar-refractivity contribution in [2.75, 3.05) is 18.1 Å². The predicted octanol–water partition coefficient (Wildman–Crippen LogP) is 2.97. The summed E-state index contributed by atoms with van der Waals surface area (Å²) in [6, 6.07) is 8.80. The van der Waals surface area contributed by atoms with Gasteiger partial charge >= 0.3 is 0 Å². The summed E-state index contributed by atoms with van der Waals surface area (Å²) >= 11 is 1.98. The number of aromatic nitrogens is 2. The van der Waals surface area contributed by atoms with Gasteiger partial charge in [-0.1, -0.05) is 36.3 Å². The fraction of sp³-hybridized carbons (Fsp3) is 0.467. The smallest absolute Gasteiger partial charge is 0.228 e. The van der Waals surface area contributed by atoms with Gasteiger partial charge in [-0.25, -0.2) is 0 Å². The van der Waals surface area contributed by atoms with Gasteiger partial charge in [-0.15, -0.1) is 12.4 Å². The molecular weight excluding hydrogens is 306 g/mol. The molecule has 0 amide bonds. The van der Waals surface area contributed by atoms with E-state index < -0.39 is 0 Å². The molecule has 0 spiro atoms. The third kappa shape index (κ3) is 4.22. The summed E-state index contributed by atoms with van der Waals surface area (Å²) in [4.78, 5) is 4.50. The highest BCUT2D eigenvalue weighted by molar-refractivity contribution is 7.99. The van der Waals surface area contributed by atoms with Crippen molar-refractivity contribution in [3.63, 3.8) is 0 Å². The number of hydrogen-bond acceptors (Lipinski definition) is 5. The van der Waals surface area contributed by atoms with Gasteiger partial charge in [0.2, 0.25) is 11.7 Å². The molecule has 1 fully saturated rings. The molecule has 0 aliphatic carbocycles. The third-order valence-corrected chi connectivity index (χ3v) is 4.64. The number of rotatable bonds is 4. The fourth-order valence-electron chi connectivity index (χ4n) is 2.31. The second-order valence-electron chi connectivity index (χ2n) is 4.99. The number of hydrogen-bond donors (Lipinski definition) is 1. The van der Waals surface area contributed by atoms with E-state index in [2.05, 4.69) is 46.6 Å². The lowest BCUT2D eigenvalue weighted by molar-refractivity contribution is 0.363. The highest BCUT2D eigenvalue weighted by atomic mass is 35.5. The Morgan fingerprint density at radius 3 is 2.81 bits per heavy atom. The van der Waals surface area contributed by atoms with Gasteiger partial charge in [0, 0.05) is 36.1 Å². The van der Waals surface area contributed by atoms with Gasteiger partial charge in [0.25, 0.3) is 0 Å². The molecule has 1 aliphatic rings. The lowest BCUT2D eigenvalue weighted by atomic mass is 10.1. The summed E-state index contributed by atoms with van der Waals surface area (Å²) in [7, 11) is 0. The van der Waals surface area contributed by atoms with E-state index in [0.717, 1.165) is 36.6 Å². The number of nitrogens with zero attached hydrogens (tertiary/aromatic N) is 2. The van der Waals surface area contributed by atoms with Crippen molar-refractivity contribution >= 4 is 24.2 Å². The molecule has 1 aliphatic heterocycles. The standard InChI is InChI=1S/C15H19N3OS.ClH/c1-2-11-3-5-12(6-4-11)15-17-14(19-18-15)9-13-10-20-8-7-16-13;/h3-6,13,16H,2,7-10H2,1H3;1H.